The molecule has 0 bridgehead atoms. The third-order valence-electron chi connectivity index (χ3n) is 5.40. The first-order chi connectivity index (χ1) is 13.4. The van der Waals surface area contributed by atoms with Crippen LogP contribution < -0.4 is 11.1 Å². The predicted molar refractivity (Wildman–Crippen MR) is 109 cm³/mol. The van der Waals surface area contributed by atoms with Crippen molar-refractivity contribution in [2.24, 2.45) is 11.7 Å². The zero-order valence-corrected chi connectivity index (χ0v) is 18.2. The summed E-state index contributed by atoms with van der Waals surface area (Å²) in [6.45, 7) is 6.96. The maximum atomic E-state index is 13.1. The normalized spacial score (nSPS) is 19.7. The van der Waals surface area contributed by atoms with Crippen LogP contribution in [-0.2, 0) is 14.3 Å². The van der Waals surface area contributed by atoms with Crippen LogP contribution in [0.1, 0.15) is 85.5 Å². The molecule has 8 nitrogen and oxygen atoms in total. The van der Waals surface area contributed by atoms with Gasteiger partial charge in [0.25, 0.3) is 0 Å². The van der Waals surface area contributed by atoms with Crippen molar-refractivity contribution in [1.29, 1.82) is 0 Å². The summed E-state index contributed by atoms with van der Waals surface area (Å²) >= 11 is 0. The second-order valence-electron chi connectivity index (χ2n) is 9.12. The number of aliphatic carboxylic acids is 1. The van der Waals surface area contributed by atoms with Crippen LogP contribution in [0.25, 0.3) is 0 Å². The lowest BCUT2D eigenvalue weighted by Gasteiger charge is -2.34. The topological polar surface area (TPSA) is 139 Å². The Balaban J connectivity index is 3.01. The van der Waals surface area contributed by atoms with Crippen LogP contribution in [0.4, 0.5) is 4.79 Å². The van der Waals surface area contributed by atoms with Crippen LogP contribution in [0.5, 0.6) is 0 Å². The lowest BCUT2D eigenvalue weighted by atomic mass is 9.77. The maximum Gasteiger partial charge on any atom is 0.408 e. The highest BCUT2D eigenvalue weighted by molar-refractivity contribution is 6.10. The molecule has 3 unspecified atom stereocenters. The van der Waals surface area contributed by atoms with Gasteiger partial charge in [0.2, 0.25) is 5.60 Å². The van der Waals surface area contributed by atoms with E-state index in [-0.39, 0.29) is 18.8 Å². The average Bonchev–Trinajstić information content (AvgIpc) is 2.62. The van der Waals surface area contributed by atoms with E-state index in [2.05, 4.69) is 5.32 Å². The highest BCUT2D eigenvalue weighted by Crippen LogP contribution is 2.30. The number of carbonyl (C=O) groups is 3. The van der Waals surface area contributed by atoms with Gasteiger partial charge in [0, 0.05) is 0 Å². The number of rotatable bonds is 10. The molecule has 3 atom stereocenters. The van der Waals surface area contributed by atoms with Crippen LogP contribution in [-0.4, -0.2) is 51.3 Å². The van der Waals surface area contributed by atoms with Crippen molar-refractivity contribution in [1.82, 2.24) is 5.32 Å². The molecule has 1 aliphatic carbocycles. The van der Waals surface area contributed by atoms with E-state index >= 15 is 0 Å². The Hall–Kier alpha value is -1.67. The average molecular weight is 415 g/mol. The van der Waals surface area contributed by atoms with Crippen molar-refractivity contribution < 1.29 is 29.3 Å². The largest absolute Gasteiger partial charge is 0.479 e. The maximum absolute atomic E-state index is 13.1. The number of ketones is 1. The Morgan fingerprint density at radius 1 is 1.17 bits per heavy atom. The first-order valence-corrected chi connectivity index (χ1v) is 10.7. The van der Waals surface area contributed by atoms with Gasteiger partial charge in [-0.25, -0.2) is 9.59 Å². The number of Topliss-reactive ketones (excluding diaryl/α,β-unsaturated/α-hetero) is 1. The summed E-state index contributed by atoms with van der Waals surface area (Å²) in [6.07, 6.45) is 5.95. The van der Waals surface area contributed by atoms with E-state index in [1.165, 1.54) is 0 Å². The molecule has 8 heteroatoms. The molecule has 1 amide bonds. The minimum absolute atomic E-state index is 0.185. The van der Waals surface area contributed by atoms with Gasteiger partial charge in [-0.2, -0.15) is 0 Å². The minimum Gasteiger partial charge on any atom is -0.479 e. The zero-order valence-electron chi connectivity index (χ0n) is 18.2. The molecule has 0 spiro atoms. The molecular weight excluding hydrogens is 376 g/mol. The third kappa shape index (κ3) is 7.59. The van der Waals surface area contributed by atoms with Gasteiger partial charge in [-0.15, -0.1) is 0 Å². The summed E-state index contributed by atoms with van der Waals surface area (Å²) in [7, 11) is 0. The van der Waals surface area contributed by atoms with Crippen molar-refractivity contribution in [3.05, 3.63) is 0 Å². The first-order valence-electron chi connectivity index (χ1n) is 10.7. The molecule has 0 aromatic rings. The zero-order chi connectivity index (χ0) is 22.2. The summed E-state index contributed by atoms with van der Waals surface area (Å²) in [5.41, 5.74) is 2.55. The number of alkyl carbamates (subject to hydrolysis) is 1. The highest BCUT2D eigenvalue weighted by Gasteiger charge is 2.52. The van der Waals surface area contributed by atoms with Crippen molar-refractivity contribution in [3.63, 3.8) is 0 Å². The van der Waals surface area contributed by atoms with Gasteiger partial charge in [-0.05, 0) is 39.5 Å². The summed E-state index contributed by atoms with van der Waals surface area (Å²) in [4.78, 5) is 37.2. The predicted octanol–water partition coefficient (Wildman–Crippen LogP) is 2.75. The van der Waals surface area contributed by atoms with Crippen molar-refractivity contribution in [2.45, 2.75) is 109 Å². The molecule has 5 N–H and O–H groups in total. The van der Waals surface area contributed by atoms with Crippen LogP contribution in [0.15, 0.2) is 0 Å². The number of nitrogens with two attached hydrogens (primary N) is 1. The number of aliphatic hydroxyl groups is 1. The molecule has 29 heavy (non-hydrogen) atoms. The molecular formula is C21H38N2O6. The van der Waals surface area contributed by atoms with E-state index in [1.807, 2.05) is 6.92 Å². The van der Waals surface area contributed by atoms with Gasteiger partial charge in [0.1, 0.15) is 5.60 Å². The van der Waals surface area contributed by atoms with Gasteiger partial charge in [0.15, 0.2) is 5.78 Å². The number of carboxylic acids is 1. The smallest absolute Gasteiger partial charge is 0.408 e. The SMILES string of the molecule is CCCCC(NC(=O)OC(C)(C)C)C(=O)C(O)(C(=O)O)C(N)CC1CCCCC1. The van der Waals surface area contributed by atoms with Gasteiger partial charge in [0.05, 0.1) is 12.1 Å². The number of hydrogen-bond donors (Lipinski definition) is 4. The highest BCUT2D eigenvalue weighted by atomic mass is 16.6. The minimum atomic E-state index is -2.76. The van der Waals surface area contributed by atoms with Crippen molar-refractivity contribution >= 4 is 17.8 Å². The fourth-order valence-electron chi connectivity index (χ4n) is 3.79. The molecule has 0 aromatic carbocycles. The molecule has 1 fully saturated rings. The van der Waals surface area contributed by atoms with Crippen LogP contribution in [0.2, 0.25) is 0 Å². The lowest BCUT2D eigenvalue weighted by molar-refractivity contribution is -0.169. The first kappa shape index (κ1) is 25.4. The van der Waals surface area contributed by atoms with Gasteiger partial charge in [-0.1, -0.05) is 51.9 Å². The number of ether oxygens (including phenoxy) is 1. The number of carbonyl (C=O) groups excluding carboxylic acids is 2. The number of carboxylic acid groups (broad SMARTS) is 1. The Morgan fingerprint density at radius 2 is 1.76 bits per heavy atom. The van der Waals surface area contributed by atoms with E-state index in [0.717, 1.165) is 38.5 Å². The Labute approximate surface area is 173 Å². The number of amides is 1. The van der Waals surface area contributed by atoms with Gasteiger partial charge < -0.3 is 26.0 Å². The molecule has 0 aromatic heterocycles. The van der Waals surface area contributed by atoms with E-state index in [9.17, 15) is 24.6 Å². The van der Waals surface area contributed by atoms with Crippen molar-refractivity contribution in [3.8, 4) is 0 Å². The molecule has 1 saturated carbocycles. The number of nitrogens with one attached hydrogen (secondary N) is 1. The lowest BCUT2D eigenvalue weighted by Crippen LogP contribution is -2.65. The Kier molecular flexibility index (Phi) is 9.55. The fraction of sp³-hybridized carbons (Fsp3) is 0.857. The molecule has 0 radical (unpaired) electrons. The van der Waals surface area contributed by atoms with Crippen molar-refractivity contribution in [2.75, 3.05) is 0 Å². The van der Waals surface area contributed by atoms with Gasteiger partial charge >= 0.3 is 12.1 Å². The number of hydrogen-bond acceptors (Lipinski definition) is 6. The second-order valence-corrected chi connectivity index (χ2v) is 9.12. The molecule has 0 aliphatic heterocycles. The van der Waals surface area contributed by atoms with Crippen LogP contribution in [0, 0.1) is 5.92 Å². The second kappa shape index (κ2) is 10.9. The van der Waals surface area contributed by atoms with Gasteiger partial charge in [-0.3, -0.25) is 4.79 Å². The van der Waals surface area contributed by atoms with E-state index in [4.69, 9.17) is 10.5 Å². The summed E-state index contributed by atoms with van der Waals surface area (Å²) in [6, 6.07) is -2.44. The Bertz CT molecular complexity index is 568. The standard InChI is InChI=1S/C21H38N2O6/c1-5-6-12-15(23-19(27)29-20(2,3)4)17(24)21(28,18(25)26)16(22)13-14-10-8-7-9-11-14/h14-16,28H,5-13,22H2,1-4H3,(H,23,27)(H,25,26). The monoisotopic (exact) mass is 414 g/mol. The molecule has 1 rings (SSSR count). The summed E-state index contributed by atoms with van der Waals surface area (Å²) in [5.74, 6) is -2.49. The molecule has 0 heterocycles. The Morgan fingerprint density at radius 3 is 2.24 bits per heavy atom. The van der Waals surface area contributed by atoms with Crippen LogP contribution in [0.3, 0.4) is 0 Å². The third-order valence-corrected chi connectivity index (χ3v) is 5.40. The molecule has 1 aliphatic rings. The van der Waals surface area contributed by atoms with Crippen LogP contribution >= 0.6 is 0 Å². The van der Waals surface area contributed by atoms with E-state index in [0.29, 0.717) is 6.42 Å². The molecule has 0 saturated heterocycles. The number of unbranched alkanes of at least 4 members (excludes halogenated alkanes) is 1. The fourth-order valence-corrected chi connectivity index (χ4v) is 3.79. The molecule has 168 valence electrons. The van der Waals surface area contributed by atoms with E-state index in [1.54, 1.807) is 20.8 Å². The summed E-state index contributed by atoms with van der Waals surface area (Å²) in [5, 5.41) is 23.0. The summed E-state index contributed by atoms with van der Waals surface area (Å²) < 4.78 is 5.19. The van der Waals surface area contributed by atoms with E-state index < -0.39 is 41.1 Å². The quantitative estimate of drug-likeness (QED) is 0.403.